The summed E-state index contributed by atoms with van der Waals surface area (Å²) in [7, 11) is 0. The van der Waals surface area contributed by atoms with E-state index in [1.165, 1.54) is 11.3 Å². The summed E-state index contributed by atoms with van der Waals surface area (Å²) in [5.74, 6) is 0.0932. The van der Waals surface area contributed by atoms with Gasteiger partial charge >= 0.3 is 0 Å². The molecule has 0 fully saturated rings. The summed E-state index contributed by atoms with van der Waals surface area (Å²) in [5.41, 5.74) is 1.87. The van der Waals surface area contributed by atoms with Crippen LogP contribution in [0.15, 0.2) is 5.38 Å². The summed E-state index contributed by atoms with van der Waals surface area (Å²) in [6.45, 7) is 5.45. The lowest BCUT2D eigenvalue weighted by Crippen LogP contribution is -1.89. The van der Waals surface area contributed by atoms with Gasteiger partial charge in [-0.3, -0.25) is 4.79 Å². The van der Waals surface area contributed by atoms with Gasteiger partial charge in [-0.1, -0.05) is 0 Å². The van der Waals surface area contributed by atoms with Crippen LogP contribution in [0.25, 0.3) is 0 Å². The molecule has 2 heterocycles. The fourth-order valence-electron chi connectivity index (χ4n) is 1.50. The van der Waals surface area contributed by atoms with Gasteiger partial charge in [-0.15, -0.1) is 22.7 Å². The van der Waals surface area contributed by atoms with Gasteiger partial charge < -0.3 is 0 Å². The van der Waals surface area contributed by atoms with Crippen molar-refractivity contribution in [3.05, 3.63) is 31.7 Å². The summed E-state index contributed by atoms with van der Waals surface area (Å²) in [4.78, 5) is 20.8. The van der Waals surface area contributed by atoms with Crippen LogP contribution in [0.1, 0.15) is 38.0 Å². The second-order valence-corrected chi connectivity index (χ2v) is 5.76. The molecular weight excluding hydrogens is 240 g/mol. The Labute approximate surface area is 102 Å². The molecule has 0 N–H and O–H groups in total. The molecule has 0 aromatic carbocycles. The third-order valence-corrected chi connectivity index (χ3v) is 4.24. The maximum absolute atomic E-state index is 11.3. The first kappa shape index (κ1) is 11.4. The molecule has 16 heavy (non-hydrogen) atoms. The maximum atomic E-state index is 11.3. The molecule has 84 valence electrons. The molecule has 0 amide bonds. The monoisotopic (exact) mass is 252 g/mol. The van der Waals surface area contributed by atoms with Crippen LogP contribution >= 0.6 is 22.7 Å². The van der Waals surface area contributed by atoms with Gasteiger partial charge in [0.25, 0.3) is 0 Å². The van der Waals surface area contributed by atoms with Gasteiger partial charge in [0.1, 0.15) is 0 Å². The lowest BCUT2D eigenvalue weighted by Gasteiger charge is -1.89. The van der Waals surface area contributed by atoms with E-state index in [0.29, 0.717) is 0 Å². The minimum absolute atomic E-state index is 0.0932. The molecule has 0 unspecified atom stereocenters. The molecule has 2 aromatic rings. The minimum atomic E-state index is 0.0932. The smallest absolute Gasteiger partial charge is 0.171 e. The van der Waals surface area contributed by atoms with Gasteiger partial charge in [-0.25, -0.2) is 9.97 Å². The molecule has 3 nitrogen and oxygen atoms in total. The number of carbonyl (C=O) groups excluding carboxylic acids is 1. The van der Waals surface area contributed by atoms with Crippen LogP contribution in [0.3, 0.4) is 0 Å². The van der Waals surface area contributed by atoms with Crippen LogP contribution in [0.2, 0.25) is 0 Å². The average Bonchev–Trinajstić information content (AvgIpc) is 2.73. The second-order valence-electron chi connectivity index (χ2n) is 3.61. The van der Waals surface area contributed by atoms with Gasteiger partial charge in [0.05, 0.1) is 26.3 Å². The average molecular weight is 252 g/mol. The molecule has 0 aliphatic heterocycles. The van der Waals surface area contributed by atoms with Crippen molar-refractivity contribution in [2.75, 3.05) is 0 Å². The first-order valence-corrected chi connectivity index (χ1v) is 6.64. The fraction of sp³-hybridized carbons (Fsp3) is 0.364. The highest BCUT2D eigenvalue weighted by atomic mass is 32.1. The van der Waals surface area contributed by atoms with Crippen LogP contribution < -0.4 is 0 Å². The van der Waals surface area contributed by atoms with Gasteiger partial charge in [-0.05, 0) is 13.8 Å². The number of rotatable bonds is 3. The maximum Gasteiger partial charge on any atom is 0.171 e. The summed E-state index contributed by atoms with van der Waals surface area (Å²) in [5, 5.41) is 4.07. The largest absolute Gasteiger partial charge is 0.294 e. The quantitative estimate of drug-likeness (QED) is 0.789. The zero-order chi connectivity index (χ0) is 11.7. The van der Waals surface area contributed by atoms with Crippen LogP contribution in [0, 0.1) is 13.8 Å². The highest BCUT2D eigenvalue weighted by Crippen LogP contribution is 2.21. The molecule has 0 saturated heterocycles. The van der Waals surface area contributed by atoms with Crippen molar-refractivity contribution in [3.63, 3.8) is 0 Å². The first-order valence-electron chi connectivity index (χ1n) is 4.94. The molecular formula is C11H12N2OS2. The first-order chi connectivity index (χ1) is 7.56. The van der Waals surface area contributed by atoms with Gasteiger partial charge in [0, 0.05) is 18.7 Å². The Morgan fingerprint density at radius 1 is 1.38 bits per heavy atom. The number of hydrogen-bond donors (Lipinski definition) is 0. The lowest BCUT2D eigenvalue weighted by atomic mass is 10.3. The van der Waals surface area contributed by atoms with Crippen molar-refractivity contribution in [1.29, 1.82) is 0 Å². The number of hydrogen-bond acceptors (Lipinski definition) is 5. The van der Waals surface area contributed by atoms with E-state index in [0.717, 1.165) is 32.7 Å². The predicted octanol–water partition coefficient (Wildman–Crippen LogP) is 3.01. The van der Waals surface area contributed by atoms with Crippen molar-refractivity contribution in [2.24, 2.45) is 0 Å². The van der Waals surface area contributed by atoms with Gasteiger partial charge in [0.15, 0.2) is 5.78 Å². The topological polar surface area (TPSA) is 42.9 Å². The number of aryl methyl sites for hydroxylation is 2. The zero-order valence-corrected chi connectivity index (χ0v) is 11.0. The normalized spacial score (nSPS) is 10.7. The summed E-state index contributed by atoms with van der Waals surface area (Å²) in [6, 6.07) is 0. The number of nitrogens with zero attached hydrogens (tertiary/aromatic N) is 2. The number of Topliss-reactive ketones (excluding diaryl/α,β-unsaturated/α-hetero) is 1. The van der Waals surface area contributed by atoms with E-state index in [9.17, 15) is 4.79 Å². The Kier molecular flexibility index (Phi) is 3.16. The molecule has 0 saturated carbocycles. The van der Waals surface area contributed by atoms with Crippen LogP contribution in [0.4, 0.5) is 0 Å². The van der Waals surface area contributed by atoms with E-state index in [-0.39, 0.29) is 5.78 Å². The van der Waals surface area contributed by atoms with Crippen LogP contribution in [0.5, 0.6) is 0 Å². The minimum Gasteiger partial charge on any atom is -0.294 e. The standard InChI is InChI=1S/C11H12N2OS2/c1-6-11(7(2)14)16-10(12-6)4-9-5-15-8(3)13-9/h5H,4H2,1-3H3. The van der Waals surface area contributed by atoms with Crippen molar-refractivity contribution in [3.8, 4) is 0 Å². The number of thiazole rings is 2. The third-order valence-electron chi connectivity index (χ3n) is 2.16. The summed E-state index contributed by atoms with van der Waals surface area (Å²) >= 11 is 3.12. The molecule has 0 radical (unpaired) electrons. The Morgan fingerprint density at radius 2 is 2.12 bits per heavy atom. The Morgan fingerprint density at radius 3 is 2.62 bits per heavy atom. The van der Waals surface area contributed by atoms with Crippen LogP contribution in [-0.4, -0.2) is 15.8 Å². The van der Waals surface area contributed by atoms with Gasteiger partial charge in [0.2, 0.25) is 0 Å². The Balaban J connectivity index is 2.22. The highest BCUT2D eigenvalue weighted by molar-refractivity contribution is 7.13. The molecule has 0 bridgehead atoms. The van der Waals surface area contributed by atoms with Crippen molar-refractivity contribution in [2.45, 2.75) is 27.2 Å². The molecule has 0 aliphatic rings. The zero-order valence-electron chi connectivity index (χ0n) is 9.40. The molecule has 0 spiro atoms. The van der Waals surface area contributed by atoms with Crippen molar-refractivity contribution < 1.29 is 4.79 Å². The van der Waals surface area contributed by atoms with E-state index >= 15 is 0 Å². The molecule has 2 aromatic heterocycles. The van der Waals surface area contributed by atoms with E-state index in [4.69, 9.17) is 0 Å². The van der Waals surface area contributed by atoms with E-state index in [1.54, 1.807) is 18.3 Å². The van der Waals surface area contributed by atoms with E-state index in [1.807, 2.05) is 19.2 Å². The summed E-state index contributed by atoms with van der Waals surface area (Å²) < 4.78 is 0. The Hall–Kier alpha value is -1.07. The summed E-state index contributed by atoms with van der Waals surface area (Å²) in [6.07, 6.45) is 0.725. The molecule has 0 atom stereocenters. The second kappa shape index (κ2) is 4.43. The number of carbonyl (C=O) groups is 1. The van der Waals surface area contributed by atoms with E-state index in [2.05, 4.69) is 9.97 Å². The Bertz CT molecular complexity index is 528. The molecule has 2 rings (SSSR count). The predicted molar refractivity (Wildman–Crippen MR) is 66.5 cm³/mol. The van der Waals surface area contributed by atoms with Crippen molar-refractivity contribution in [1.82, 2.24) is 9.97 Å². The lowest BCUT2D eigenvalue weighted by molar-refractivity contribution is 0.102. The SMILES string of the molecule is CC(=O)c1sc(Cc2csc(C)n2)nc1C. The molecule has 5 heteroatoms. The fourth-order valence-corrected chi connectivity index (χ4v) is 3.09. The third kappa shape index (κ3) is 2.36. The van der Waals surface area contributed by atoms with Crippen molar-refractivity contribution >= 4 is 28.5 Å². The molecule has 0 aliphatic carbocycles. The van der Waals surface area contributed by atoms with Gasteiger partial charge in [-0.2, -0.15) is 0 Å². The highest BCUT2D eigenvalue weighted by Gasteiger charge is 2.12. The van der Waals surface area contributed by atoms with E-state index < -0.39 is 0 Å². The van der Waals surface area contributed by atoms with Crippen LogP contribution in [-0.2, 0) is 6.42 Å². The number of aromatic nitrogens is 2. The number of ketones is 1.